The molecule has 0 fully saturated rings. The molecule has 0 amide bonds. The number of rotatable bonds is 4. The third-order valence-electron chi connectivity index (χ3n) is 10.7. The van der Waals surface area contributed by atoms with Gasteiger partial charge in [-0.2, -0.15) is 0 Å². The van der Waals surface area contributed by atoms with Crippen LogP contribution in [0.15, 0.2) is 182 Å². The minimum atomic E-state index is -0.553. The molecule has 0 radical (unpaired) electrons. The van der Waals surface area contributed by atoms with Gasteiger partial charge in [0.05, 0.1) is 18.2 Å². The van der Waals surface area contributed by atoms with Gasteiger partial charge >= 0.3 is 0 Å². The predicted molar refractivity (Wildman–Crippen MR) is 229 cm³/mol. The van der Waals surface area contributed by atoms with Gasteiger partial charge in [0, 0.05) is 62.2 Å². The average Bonchev–Trinajstić information content (AvgIpc) is 3.88. The average molecular weight is 774 g/mol. The molecule has 10 aromatic rings. The fourth-order valence-corrected chi connectivity index (χ4v) is 11.8. The summed E-state index contributed by atoms with van der Waals surface area (Å²) < 4.78 is 15.1. The summed E-state index contributed by atoms with van der Waals surface area (Å²) in [6, 6.07) is 52.0. The van der Waals surface area contributed by atoms with Crippen molar-refractivity contribution in [3.05, 3.63) is 180 Å². The minimum absolute atomic E-state index is 0.553. The quantitative estimate of drug-likeness (QED) is 0.165. The lowest BCUT2D eigenvalue weighted by atomic mass is 9.83. The second kappa shape index (κ2) is 12.7. The Morgan fingerprint density at radius 3 is 2.11 bits per heavy atom. The molecule has 2 aliphatic heterocycles. The first kappa shape index (κ1) is 32.1. The van der Waals surface area contributed by atoms with Crippen molar-refractivity contribution in [1.82, 2.24) is 15.4 Å². The smallest absolute Gasteiger partial charge is 0.183 e. The summed E-state index contributed by atoms with van der Waals surface area (Å²) in [6.45, 7) is 0. The molecule has 0 saturated carbocycles. The molecule has 1 atom stereocenters. The molecule has 0 aliphatic carbocycles. The van der Waals surface area contributed by atoms with E-state index in [9.17, 15) is 0 Å². The van der Waals surface area contributed by atoms with Crippen molar-refractivity contribution in [1.29, 1.82) is 0 Å². The number of hydrogen-bond acceptors (Lipinski definition) is 8. The van der Waals surface area contributed by atoms with Gasteiger partial charge < -0.3 is 9.15 Å². The molecule has 0 spiro atoms. The first-order valence-corrected chi connectivity index (χ1v) is 20.8. The van der Waals surface area contributed by atoms with Gasteiger partial charge in [-0.3, -0.25) is 0 Å². The van der Waals surface area contributed by atoms with Gasteiger partial charge in [-0.05, 0) is 92.3 Å². The Morgan fingerprint density at radius 2 is 1.30 bits per heavy atom. The Kier molecular flexibility index (Phi) is 7.27. The molecule has 2 aliphatic rings. The van der Waals surface area contributed by atoms with Crippen LogP contribution in [-0.2, 0) is 0 Å². The van der Waals surface area contributed by atoms with E-state index >= 15 is 0 Å². The van der Waals surface area contributed by atoms with Gasteiger partial charge in [0.1, 0.15) is 5.75 Å². The number of benzene rings is 7. The molecular formula is C48H27N3O2S3. The highest BCUT2D eigenvalue weighted by Crippen LogP contribution is 2.58. The molecular weight excluding hydrogens is 747 g/mol. The third kappa shape index (κ3) is 5.07. The van der Waals surface area contributed by atoms with Crippen LogP contribution in [0.5, 0.6) is 5.75 Å². The van der Waals surface area contributed by atoms with E-state index in [4.69, 9.17) is 9.15 Å². The Morgan fingerprint density at radius 1 is 0.571 bits per heavy atom. The Balaban J connectivity index is 1.16. The van der Waals surface area contributed by atoms with Crippen LogP contribution >= 0.6 is 34.9 Å². The largest absolute Gasteiger partial charge is 0.477 e. The number of aromatic nitrogens is 3. The lowest BCUT2D eigenvalue weighted by molar-refractivity contribution is 0.229. The van der Waals surface area contributed by atoms with Crippen LogP contribution in [0, 0.1) is 0 Å². The van der Waals surface area contributed by atoms with Gasteiger partial charge in [0.15, 0.2) is 11.9 Å². The maximum atomic E-state index is 7.27. The molecule has 5 nitrogen and oxygen atoms in total. The maximum Gasteiger partial charge on any atom is 0.183 e. The molecule has 3 aromatic heterocycles. The number of furan rings is 1. The van der Waals surface area contributed by atoms with Crippen molar-refractivity contribution < 1.29 is 9.15 Å². The van der Waals surface area contributed by atoms with E-state index in [2.05, 4.69) is 143 Å². The van der Waals surface area contributed by atoms with E-state index < -0.39 is 6.10 Å². The standard InChI is InChI=1S/C48H27N3O2S3/c1-2-10-28-22-32-25-41-40(24-31(32)21-27(28)9-1)55-39-18-8-15-35(48(39)56-41)44-45(42-23-29-11-4-6-17-38(29)54-42)43-34(36-19-20-49-51-50-36)14-7-16-37(43)53-47(44)46-33-13-5-3-12-30(33)26-52-46/h1-26,47H. The number of thiophene rings is 1. The molecule has 264 valence electrons. The lowest BCUT2D eigenvalue weighted by Crippen LogP contribution is -2.18. The summed E-state index contributed by atoms with van der Waals surface area (Å²) >= 11 is 5.48. The second-order valence-corrected chi connectivity index (χ2v) is 17.2. The van der Waals surface area contributed by atoms with Crippen LogP contribution in [0.3, 0.4) is 0 Å². The van der Waals surface area contributed by atoms with Crippen molar-refractivity contribution in [2.45, 2.75) is 25.7 Å². The number of nitrogens with zero attached hydrogens (tertiary/aromatic N) is 3. The predicted octanol–water partition coefficient (Wildman–Crippen LogP) is 13.5. The zero-order chi connectivity index (χ0) is 36.7. The van der Waals surface area contributed by atoms with Crippen LogP contribution < -0.4 is 4.74 Å². The fraction of sp³-hybridized carbons (Fsp3) is 0.0208. The molecule has 0 N–H and O–H groups in total. The molecule has 12 rings (SSSR count). The van der Waals surface area contributed by atoms with Gasteiger partial charge in [-0.15, -0.1) is 21.5 Å². The van der Waals surface area contributed by atoms with Crippen LogP contribution in [0.25, 0.3) is 64.8 Å². The molecule has 0 bridgehead atoms. The maximum absolute atomic E-state index is 7.27. The number of hydrogen-bond donors (Lipinski definition) is 0. The first-order chi connectivity index (χ1) is 27.7. The molecule has 0 saturated heterocycles. The molecule has 56 heavy (non-hydrogen) atoms. The van der Waals surface area contributed by atoms with Crippen molar-refractivity contribution in [2.75, 3.05) is 0 Å². The third-order valence-corrected chi connectivity index (χ3v) is 14.5. The SMILES string of the molecule is c1cc2c(c(C3=C(c4cc5ccccc5s4)c4c(cccc4-c4ccnnn4)OC3c3occ4ccccc34)c1)Sc1cc3cc4ccccc4cc3cc1S2. The fourth-order valence-electron chi connectivity index (χ4n) is 8.23. The van der Waals surface area contributed by atoms with Crippen molar-refractivity contribution >= 4 is 88.4 Å². The van der Waals surface area contributed by atoms with Crippen molar-refractivity contribution in [3.8, 4) is 17.0 Å². The van der Waals surface area contributed by atoms with E-state index in [0.29, 0.717) is 0 Å². The topological polar surface area (TPSA) is 61.0 Å². The van der Waals surface area contributed by atoms with Gasteiger partial charge in [-0.25, -0.2) is 0 Å². The second-order valence-electron chi connectivity index (χ2n) is 14.0. The molecule has 5 heterocycles. The molecule has 7 aromatic carbocycles. The molecule has 1 unspecified atom stereocenters. The van der Waals surface area contributed by atoms with E-state index in [1.54, 1.807) is 17.5 Å². The van der Waals surface area contributed by atoms with Crippen LogP contribution in [0.4, 0.5) is 0 Å². The van der Waals surface area contributed by atoms with Gasteiger partial charge in [-0.1, -0.05) is 115 Å². The summed E-state index contributed by atoms with van der Waals surface area (Å²) in [7, 11) is 0. The number of ether oxygens (including phenoxy) is 1. The molecule has 8 heteroatoms. The Hall–Kier alpha value is -6.19. The van der Waals surface area contributed by atoms with Gasteiger partial charge in [0.25, 0.3) is 0 Å². The zero-order valence-electron chi connectivity index (χ0n) is 29.5. The van der Waals surface area contributed by atoms with Crippen LogP contribution in [-0.4, -0.2) is 15.4 Å². The summed E-state index contributed by atoms with van der Waals surface area (Å²) in [4.78, 5) is 6.06. The monoisotopic (exact) mass is 773 g/mol. The highest BCUT2D eigenvalue weighted by atomic mass is 32.2. The number of fused-ring (bicyclic) bond motifs is 7. The van der Waals surface area contributed by atoms with E-state index in [1.807, 2.05) is 48.0 Å². The summed E-state index contributed by atoms with van der Waals surface area (Å²) in [5.41, 5.74) is 5.91. The van der Waals surface area contributed by atoms with E-state index in [-0.39, 0.29) is 0 Å². The normalized spacial score (nSPS) is 14.9. The lowest BCUT2D eigenvalue weighted by Gasteiger charge is -2.33. The van der Waals surface area contributed by atoms with E-state index in [0.717, 1.165) is 60.7 Å². The summed E-state index contributed by atoms with van der Waals surface area (Å²) in [5.74, 6) is 1.54. The van der Waals surface area contributed by atoms with Gasteiger partial charge in [0.2, 0.25) is 0 Å². The summed E-state index contributed by atoms with van der Waals surface area (Å²) in [5, 5.41) is 20.8. The Labute approximate surface area is 333 Å². The minimum Gasteiger partial charge on any atom is -0.477 e. The van der Waals surface area contributed by atoms with Crippen LogP contribution in [0.2, 0.25) is 0 Å². The van der Waals surface area contributed by atoms with Crippen molar-refractivity contribution in [3.63, 3.8) is 0 Å². The zero-order valence-corrected chi connectivity index (χ0v) is 31.9. The van der Waals surface area contributed by atoms with Crippen LogP contribution in [0.1, 0.15) is 27.9 Å². The van der Waals surface area contributed by atoms with E-state index in [1.165, 1.54) is 51.2 Å². The summed E-state index contributed by atoms with van der Waals surface area (Å²) in [6.07, 6.45) is 2.99. The Bertz CT molecular complexity index is 3230. The first-order valence-electron chi connectivity index (χ1n) is 18.3. The highest BCUT2D eigenvalue weighted by molar-refractivity contribution is 8.05. The van der Waals surface area contributed by atoms with Crippen molar-refractivity contribution in [2.24, 2.45) is 0 Å². The highest BCUT2D eigenvalue weighted by Gasteiger charge is 2.39.